The summed E-state index contributed by atoms with van der Waals surface area (Å²) in [6.07, 6.45) is -4.46. The van der Waals surface area contributed by atoms with Crippen LogP contribution in [0.25, 0.3) is 0 Å². The first-order chi connectivity index (χ1) is 6.99. The Morgan fingerprint density at radius 1 is 1.33 bits per heavy atom. The van der Waals surface area contributed by atoms with Gasteiger partial charge in [-0.3, -0.25) is 0 Å². The van der Waals surface area contributed by atoms with Crippen LogP contribution >= 0.6 is 0 Å². The summed E-state index contributed by atoms with van der Waals surface area (Å²) >= 11 is 0. The quantitative estimate of drug-likeness (QED) is 0.705. The van der Waals surface area contributed by atoms with Gasteiger partial charge in [-0.15, -0.1) is 0 Å². The number of nitrogens with zero attached hydrogens (tertiary/aromatic N) is 4. The Balaban J connectivity index is 3.30. The Morgan fingerprint density at radius 2 is 2.00 bits per heavy atom. The molecule has 0 fully saturated rings. The Hall–Kier alpha value is -2.15. The predicted octanol–water partition coefficient (Wildman–Crippen LogP) is 1.43. The first-order valence-corrected chi connectivity index (χ1v) is 3.69. The molecule has 7 heteroatoms. The van der Waals surface area contributed by atoms with Crippen molar-refractivity contribution in [3.63, 3.8) is 0 Å². The van der Waals surface area contributed by atoms with Gasteiger partial charge in [0.25, 0.3) is 0 Å². The van der Waals surface area contributed by atoms with Gasteiger partial charge in [0.2, 0.25) is 0 Å². The highest BCUT2D eigenvalue weighted by Gasteiger charge is 2.36. The molecular weight excluding hydrogens is 209 g/mol. The third kappa shape index (κ3) is 2.41. The minimum atomic E-state index is -4.66. The van der Waals surface area contributed by atoms with Gasteiger partial charge in [0.15, 0.2) is 11.4 Å². The average molecular weight is 212 g/mol. The zero-order chi connectivity index (χ0) is 11.5. The summed E-state index contributed by atoms with van der Waals surface area (Å²) in [5.74, 6) is 0. The van der Waals surface area contributed by atoms with Crippen LogP contribution in [0, 0.1) is 22.7 Å². The Bertz CT molecular complexity index is 452. The summed E-state index contributed by atoms with van der Waals surface area (Å²) in [5, 5.41) is 16.7. The molecular formula is C8H3F3N4. The second-order valence-corrected chi connectivity index (χ2v) is 2.49. The van der Waals surface area contributed by atoms with Gasteiger partial charge in [0, 0.05) is 0 Å². The number of aromatic nitrogens is 2. The molecule has 0 aromatic carbocycles. The first-order valence-electron chi connectivity index (χ1n) is 3.69. The molecule has 0 unspecified atom stereocenters. The third-order valence-corrected chi connectivity index (χ3v) is 1.47. The van der Waals surface area contributed by atoms with E-state index in [9.17, 15) is 13.2 Å². The van der Waals surface area contributed by atoms with Crippen molar-refractivity contribution in [3.8, 4) is 12.1 Å². The second kappa shape index (κ2) is 3.93. The van der Waals surface area contributed by atoms with Gasteiger partial charge in [-0.2, -0.15) is 23.7 Å². The van der Waals surface area contributed by atoms with Gasteiger partial charge < -0.3 is 0 Å². The summed E-state index contributed by atoms with van der Waals surface area (Å²) in [7, 11) is 0. The van der Waals surface area contributed by atoms with Gasteiger partial charge in [-0.1, -0.05) is 0 Å². The molecule has 0 aliphatic carbocycles. The van der Waals surface area contributed by atoms with Crippen LogP contribution in [0.5, 0.6) is 0 Å². The molecule has 4 nitrogen and oxygen atoms in total. The summed E-state index contributed by atoms with van der Waals surface area (Å²) in [5.41, 5.74) is -1.99. The van der Waals surface area contributed by atoms with Crippen molar-refractivity contribution in [2.75, 3.05) is 0 Å². The molecule has 0 atom stereocenters. The molecule has 0 aliphatic rings. The molecule has 1 rings (SSSR count). The predicted molar refractivity (Wildman–Crippen MR) is 41.1 cm³/mol. The fourth-order valence-electron chi connectivity index (χ4n) is 0.916. The molecule has 1 aromatic rings. The molecule has 0 aliphatic heterocycles. The van der Waals surface area contributed by atoms with Crippen molar-refractivity contribution >= 4 is 0 Å². The van der Waals surface area contributed by atoms with E-state index in [1.807, 2.05) is 0 Å². The van der Waals surface area contributed by atoms with Crippen molar-refractivity contribution in [2.45, 2.75) is 12.6 Å². The summed E-state index contributed by atoms with van der Waals surface area (Å²) < 4.78 is 36.9. The minimum absolute atomic E-state index is 0.242. The standard InChI is InChI=1S/C8H3F3N4/c9-8(10,11)7-6(1-2-12)15-5(3-13)4-14-7/h4H,1H2. The lowest BCUT2D eigenvalue weighted by atomic mass is 10.2. The zero-order valence-corrected chi connectivity index (χ0v) is 7.21. The van der Waals surface area contributed by atoms with Gasteiger partial charge in [-0.05, 0) is 0 Å². The number of alkyl halides is 3. The van der Waals surface area contributed by atoms with Crippen molar-refractivity contribution < 1.29 is 13.2 Å². The zero-order valence-electron chi connectivity index (χ0n) is 7.21. The van der Waals surface area contributed by atoms with Crippen molar-refractivity contribution in [1.82, 2.24) is 9.97 Å². The van der Waals surface area contributed by atoms with Gasteiger partial charge >= 0.3 is 6.18 Å². The van der Waals surface area contributed by atoms with Crippen molar-refractivity contribution in [3.05, 3.63) is 23.3 Å². The van der Waals surface area contributed by atoms with Crippen LogP contribution in [-0.2, 0) is 12.6 Å². The molecule has 0 N–H and O–H groups in total. The fraction of sp³-hybridized carbons (Fsp3) is 0.250. The fourth-order valence-corrected chi connectivity index (χ4v) is 0.916. The van der Waals surface area contributed by atoms with Crippen molar-refractivity contribution in [1.29, 1.82) is 10.5 Å². The van der Waals surface area contributed by atoms with E-state index in [4.69, 9.17) is 10.5 Å². The highest BCUT2D eigenvalue weighted by atomic mass is 19.4. The van der Waals surface area contributed by atoms with Crippen LogP contribution in [0.4, 0.5) is 13.2 Å². The van der Waals surface area contributed by atoms with Crippen LogP contribution in [0.2, 0.25) is 0 Å². The van der Waals surface area contributed by atoms with E-state index in [0.29, 0.717) is 0 Å². The van der Waals surface area contributed by atoms with E-state index < -0.39 is 24.0 Å². The van der Waals surface area contributed by atoms with Gasteiger partial charge in [0.05, 0.1) is 24.4 Å². The summed E-state index contributed by atoms with van der Waals surface area (Å²) in [6, 6.07) is 3.09. The topological polar surface area (TPSA) is 73.4 Å². The number of nitriles is 2. The van der Waals surface area contributed by atoms with E-state index in [1.54, 1.807) is 6.07 Å². The lowest BCUT2D eigenvalue weighted by Crippen LogP contribution is -2.14. The van der Waals surface area contributed by atoms with E-state index in [0.717, 1.165) is 6.20 Å². The smallest absolute Gasteiger partial charge is 0.247 e. The molecule has 0 spiro atoms. The normalized spacial score (nSPS) is 10.5. The van der Waals surface area contributed by atoms with Crippen LogP contribution < -0.4 is 0 Å². The van der Waals surface area contributed by atoms with Crippen LogP contribution in [0.3, 0.4) is 0 Å². The average Bonchev–Trinajstić information content (AvgIpc) is 2.16. The Kier molecular flexibility index (Phi) is 2.86. The molecule has 0 saturated carbocycles. The molecule has 15 heavy (non-hydrogen) atoms. The van der Waals surface area contributed by atoms with Crippen molar-refractivity contribution in [2.24, 2.45) is 0 Å². The molecule has 0 radical (unpaired) electrons. The van der Waals surface area contributed by atoms with E-state index in [2.05, 4.69) is 9.97 Å². The molecule has 0 bridgehead atoms. The van der Waals surface area contributed by atoms with Crippen LogP contribution in [0.1, 0.15) is 17.1 Å². The molecule has 1 aromatic heterocycles. The maximum Gasteiger partial charge on any atom is 0.435 e. The van der Waals surface area contributed by atoms with Gasteiger partial charge in [-0.25, -0.2) is 9.97 Å². The number of hydrogen-bond acceptors (Lipinski definition) is 4. The molecule has 1 heterocycles. The maximum absolute atomic E-state index is 12.3. The number of halogens is 3. The highest BCUT2D eigenvalue weighted by Crippen LogP contribution is 2.29. The summed E-state index contributed by atoms with van der Waals surface area (Å²) in [6.45, 7) is 0. The first kappa shape index (κ1) is 10.9. The van der Waals surface area contributed by atoms with Crippen LogP contribution in [-0.4, -0.2) is 9.97 Å². The molecule has 76 valence electrons. The Labute approximate surface area is 82.6 Å². The largest absolute Gasteiger partial charge is 0.435 e. The molecule has 0 saturated heterocycles. The van der Waals surface area contributed by atoms with E-state index >= 15 is 0 Å². The Morgan fingerprint density at radius 3 is 2.47 bits per heavy atom. The number of hydrogen-bond donors (Lipinski definition) is 0. The minimum Gasteiger partial charge on any atom is -0.247 e. The lowest BCUT2D eigenvalue weighted by Gasteiger charge is -2.08. The number of rotatable bonds is 1. The maximum atomic E-state index is 12.3. The highest BCUT2D eigenvalue weighted by molar-refractivity contribution is 5.25. The van der Waals surface area contributed by atoms with Gasteiger partial charge in [0.1, 0.15) is 6.07 Å². The third-order valence-electron chi connectivity index (χ3n) is 1.47. The summed E-state index contributed by atoms with van der Waals surface area (Å²) in [4.78, 5) is 6.46. The SMILES string of the molecule is N#CCc1nc(C#N)cnc1C(F)(F)F. The lowest BCUT2D eigenvalue weighted by molar-refractivity contribution is -0.142. The molecule has 0 amide bonds. The van der Waals surface area contributed by atoms with Crippen LogP contribution in [0.15, 0.2) is 6.20 Å². The second-order valence-electron chi connectivity index (χ2n) is 2.49. The van der Waals surface area contributed by atoms with E-state index in [-0.39, 0.29) is 5.69 Å². The van der Waals surface area contributed by atoms with E-state index in [1.165, 1.54) is 6.07 Å². The monoisotopic (exact) mass is 212 g/mol.